The van der Waals surface area contributed by atoms with Crippen LogP contribution in [-0.4, -0.2) is 27.0 Å². The molecule has 13 heteroatoms. The minimum atomic E-state index is -0.951. The average molecular weight is 311 g/mol. The van der Waals surface area contributed by atoms with Gasteiger partial charge in [0.05, 0.1) is 7.11 Å². The molecule has 0 unspecified atom stereocenters. The van der Waals surface area contributed by atoms with Crippen LogP contribution in [0.2, 0.25) is 0 Å². The smallest absolute Gasteiger partial charge is 0.328 e. The molecule has 0 saturated carbocycles. The lowest BCUT2D eigenvalue weighted by Gasteiger charge is -2.02. The molecule has 2 aromatic rings. The third-order valence-electron chi connectivity index (χ3n) is 2.34. The Morgan fingerprint density at radius 2 is 1.27 bits per heavy atom. The van der Waals surface area contributed by atoms with Crippen molar-refractivity contribution in [2.24, 2.45) is 16.1 Å². The van der Waals surface area contributed by atoms with E-state index in [-0.39, 0.29) is 5.88 Å². The van der Waals surface area contributed by atoms with Crippen LogP contribution in [0.1, 0.15) is 0 Å². The Balaban J connectivity index is 2.60. The summed E-state index contributed by atoms with van der Waals surface area (Å²) in [4.78, 5) is 57.7. The fourth-order valence-corrected chi connectivity index (χ4v) is 1.43. The van der Waals surface area contributed by atoms with Crippen molar-refractivity contribution in [2.75, 3.05) is 7.11 Å². The molecule has 0 atom stereocenters. The van der Waals surface area contributed by atoms with Crippen LogP contribution >= 0.6 is 0 Å². The zero-order valence-electron chi connectivity index (χ0n) is 10.9. The van der Waals surface area contributed by atoms with Crippen molar-refractivity contribution in [1.82, 2.24) is 19.9 Å². The van der Waals surface area contributed by atoms with E-state index < -0.39 is 39.8 Å². The number of H-pyrrole nitrogens is 4. The van der Waals surface area contributed by atoms with E-state index in [1.165, 1.54) is 7.11 Å². The third kappa shape index (κ3) is 2.83. The number of rotatable bonds is 4. The first-order valence-corrected chi connectivity index (χ1v) is 5.52. The normalized spacial score (nSPS) is 10.8. The first-order valence-electron chi connectivity index (χ1n) is 5.52. The van der Waals surface area contributed by atoms with E-state index in [0.717, 1.165) is 0 Å². The molecule has 0 aliphatic heterocycles. The van der Waals surface area contributed by atoms with Crippen molar-refractivity contribution < 1.29 is 9.57 Å². The highest BCUT2D eigenvalue weighted by molar-refractivity contribution is 5.47. The van der Waals surface area contributed by atoms with Gasteiger partial charge >= 0.3 is 11.4 Å². The van der Waals surface area contributed by atoms with Gasteiger partial charge in [-0.05, 0) is 0 Å². The second kappa shape index (κ2) is 5.88. The van der Waals surface area contributed by atoms with E-state index in [0.29, 0.717) is 0 Å². The topological polar surface area (TPSA) is 201 Å². The maximum Gasteiger partial charge on any atom is 0.328 e. The minimum absolute atomic E-state index is 0.270. The largest absolute Gasteiger partial charge is 0.480 e. The maximum atomic E-state index is 11.6. The summed E-state index contributed by atoms with van der Waals surface area (Å²) in [7, 11) is 1.19. The Morgan fingerprint density at radius 3 is 1.73 bits per heavy atom. The zero-order chi connectivity index (χ0) is 16.3. The molecule has 0 saturated heterocycles. The summed E-state index contributed by atoms with van der Waals surface area (Å²) in [6.07, 6.45) is 0. The van der Waals surface area contributed by atoms with Gasteiger partial charge in [-0.25, -0.2) is 9.59 Å². The van der Waals surface area contributed by atoms with Crippen molar-refractivity contribution in [3.8, 4) is 11.8 Å². The second-order valence-electron chi connectivity index (χ2n) is 3.69. The predicted molar refractivity (Wildman–Crippen MR) is 70.9 cm³/mol. The Bertz CT molecular complexity index is 871. The molecule has 116 valence electrons. The van der Waals surface area contributed by atoms with E-state index in [1.54, 1.807) is 0 Å². The quantitative estimate of drug-likeness (QED) is 0.321. The Labute approximate surface area is 118 Å². The second-order valence-corrected chi connectivity index (χ2v) is 3.69. The molecule has 2 rings (SSSR count). The van der Waals surface area contributed by atoms with Crippen molar-refractivity contribution in [3.63, 3.8) is 0 Å². The number of aromatic amines is 4. The lowest BCUT2D eigenvalue weighted by Crippen LogP contribution is -2.24. The molecule has 13 nitrogen and oxygen atoms in total. The van der Waals surface area contributed by atoms with Gasteiger partial charge in [0.2, 0.25) is 17.3 Å². The summed E-state index contributed by atoms with van der Waals surface area (Å²) >= 11 is 0. The van der Waals surface area contributed by atoms with Gasteiger partial charge in [0.1, 0.15) is 0 Å². The number of ether oxygens (including phenoxy) is 1. The SMILES string of the molecule is COc1[nH]c(=O)[nH]c(=O)c1N=Nc1c(ON)[nH]c(=O)[nH]c1=O. The molecule has 2 aromatic heterocycles. The lowest BCUT2D eigenvalue weighted by molar-refractivity contribution is 0.319. The highest BCUT2D eigenvalue weighted by Crippen LogP contribution is 2.22. The van der Waals surface area contributed by atoms with Gasteiger partial charge in [-0.2, -0.15) is 5.90 Å². The molecule has 22 heavy (non-hydrogen) atoms. The van der Waals surface area contributed by atoms with Gasteiger partial charge in [0, 0.05) is 0 Å². The number of nitrogens with one attached hydrogen (secondary N) is 4. The highest BCUT2D eigenvalue weighted by Gasteiger charge is 2.13. The van der Waals surface area contributed by atoms with Crippen molar-refractivity contribution >= 4 is 11.4 Å². The molecule has 2 heterocycles. The van der Waals surface area contributed by atoms with Gasteiger partial charge in [0.25, 0.3) is 17.0 Å². The third-order valence-corrected chi connectivity index (χ3v) is 2.34. The maximum absolute atomic E-state index is 11.6. The van der Waals surface area contributed by atoms with Crippen LogP contribution in [0.15, 0.2) is 29.4 Å². The lowest BCUT2D eigenvalue weighted by atomic mass is 10.5. The molecule has 0 aromatic carbocycles. The molecule has 0 fully saturated rings. The van der Waals surface area contributed by atoms with Gasteiger partial charge in [-0.1, -0.05) is 0 Å². The van der Waals surface area contributed by atoms with Crippen LogP contribution in [0, 0.1) is 0 Å². The molecule has 6 N–H and O–H groups in total. The monoisotopic (exact) mass is 311 g/mol. The van der Waals surface area contributed by atoms with Crippen molar-refractivity contribution in [1.29, 1.82) is 0 Å². The van der Waals surface area contributed by atoms with Crippen LogP contribution in [0.4, 0.5) is 11.4 Å². The molecule has 0 radical (unpaired) electrons. The van der Waals surface area contributed by atoms with Crippen molar-refractivity contribution in [2.45, 2.75) is 0 Å². The number of hydrogen-bond acceptors (Lipinski definition) is 9. The zero-order valence-corrected chi connectivity index (χ0v) is 10.9. The number of aromatic nitrogens is 4. The number of methoxy groups -OCH3 is 1. The van der Waals surface area contributed by atoms with Gasteiger partial charge in [-0.3, -0.25) is 29.5 Å². The summed E-state index contributed by atoms with van der Waals surface area (Å²) in [5.41, 5.74) is -4.43. The Kier molecular flexibility index (Phi) is 3.99. The summed E-state index contributed by atoms with van der Waals surface area (Å²) in [6, 6.07) is 0. The highest BCUT2D eigenvalue weighted by atomic mass is 16.6. The molecule has 0 spiro atoms. The first kappa shape index (κ1) is 14.9. The van der Waals surface area contributed by atoms with E-state index in [4.69, 9.17) is 10.6 Å². The summed E-state index contributed by atoms with van der Waals surface area (Å²) < 4.78 is 4.77. The number of nitrogens with zero attached hydrogens (tertiary/aromatic N) is 2. The standard InChI is InChI=1S/C9H9N7O6/c1-21-6-2(4(17)11-8(19)13-6)15-16-3-5(18)12-9(20)14-7(3)22-10/h10H2,1H3,(H2,11,13,17,19)(H2,12,14,18,20). The van der Waals surface area contributed by atoms with Gasteiger partial charge in [0.15, 0.2) is 0 Å². The summed E-state index contributed by atoms with van der Waals surface area (Å²) in [5.74, 6) is 4.17. The van der Waals surface area contributed by atoms with E-state index >= 15 is 0 Å². The van der Waals surface area contributed by atoms with Crippen LogP contribution < -0.4 is 38.0 Å². The number of hydrogen-bond donors (Lipinski definition) is 5. The summed E-state index contributed by atoms with van der Waals surface area (Å²) in [6.45, 7) is 0. The number of nitrogens with two attached hydrogens (primary N) is 1. The van der Waals surface area contributed by atoms with E-state index in [9.17, 15) is 19.2 Å². The molecule has 0 amide bonds. The fraction of sp³-hybridized carbons (Fsp3) is 0.111. The molecule has 0 aliphatic rings. The van der Waals surface area contributed by atoms with Crippen molar-refractivity contribution in [3.05, 3.63) is 41.7 Å². The van der Waals surface area contributed by atoms with Crippen LogP contribution in [-0.2, 0) is 0 Å². The van der Waals surface area contributed by atoms with Crippen LogP contribution in [0.5, 0.6) is 11.8 Å². The molecule has 0 bridgehead atoms. The minimum Gasteiger partial charge on any atom is -0.480 e. The molecular formula is C9H9N7O6. The molecular weight excluding hydrogens is 302 g/mol. The Morgan fingerprint density at radius 1 is 0.818 bits per heavy atom. The first-order chi connectivity index (χ1) is 10.5. The van der Waals surface area contributed by atoms with Gasteiger partial charge < -0.3 is 9.57 Å². The molecule has 0 aliphatic carbocycles. The number of azo groups is 1. The van der Waals surface area contributed by atoms with E-state index in [1.807, 2.05) is 9.97 Å². The predicted octanol–water partition coefficient (Wildman–Crippen LogP) is -1.88. The Hall–Kier alpha value is -3.48. The summed E-state index contributed by atoms with van der Waals surface area (Å²) in [5, 5.41) is 6.97. The van der Waals surface area contributed by atoms with Gasteiger partial charge in [-0.15, -0.1) is 10.2 Å². The van der Waals surface area contributed by atoms with Crippen LogP contribution in [0.3, 0.4) is 0 Å². The fourth-order valence-electron chi connectivity index (χ4n) is 1.43. The average Bonchev–Trinajstić information content (AvgIpc) is 2.46. The van der Waals surface area contributed by atoms with Crippen LogP contribution in [0.25, 0.3) is 0 Å². The van der Waals surface area contributed by atoms with E-state index in [2.05, 4.69) is 25.0 Å².